The van der Waals surface area contributed by atoms with Gasteiger partial charge in [0.25, 0.3) is 0 Å². The fourth-order valence-electron chi connectivity index (χ4n) is 2.74. The molecule has 0 bridgehead atoms. The van der Waals surface area contributed by atoms with Gasteiger partial charge in [-0.2, -0.15) is 4.39 Å². The number of hydrogen-bond acceptors (Lipinski definition) is 6. The normalized spacial score (nSPS) is 19.3. The quantitative estimate of drug-likeness (QED) is 0.251. The summed E-state index contributed by atoms with van der Waals surface area (Å²) in [5.74, 6) is 2.95. The van der Waals surface area contributed by atoms with E-state index in [9.17, 15) is 18.8 Å². The Bertz CT molecular complexity index is 521. The Hall–Kier alpha value is -2.36. The van der Waals surface area contributed by atoms with Crippen LogP contribution in [0, 0.1) is 5.92 Å². The summed E-state index contributed by atoms with van der Waals surface area (Å²) >= 11 is 0. The average molecular weight is 344 g/mol. The van der Waals surface area contributed by atoms with Crippen molar-refractivity contribution in [2.24, 2.45) is 23.2 Å². The zero-order valence-corrected chi connectivity index (χ0v) is 13.9. The number of likely N-dealkylation sites (tertiary alicyclic amines) is 1. The van der Waals surface area contributed by atoms with Crippen LogP contribution in [0.1, 0.15) is 26.7 Å². The monoisotopic (exact) mass is 344 g/mol. The lowest BCUT2D eigenvalue weighted by molar-refractivity contribution is -0.143. The van der Waals surface area contributed by atoms with E-state index >= 15 is 0 Å². The van der Waals surface area contributed by atoms with Crippen molar-refractivity contribution in [3.05, 3.63) is 12.2 Å². The third-order valence-corrected chi connectivity index (χ3v) is 3.75. The van der Waals surface area contributed by atoms with E-state index in [1.54, 1.807) is 13.8 Å². The average Bonchev–Trinajstić information content (AvgIpc) is 2.92. The number of amides is 3. The van der Waals surface area contributed by atoms with Gasteiger partial charge in [-0.05, 0) is 18.8 Å². The topological polar surface area (TPSA) is 148 Å². The number of hydrogen-bond donors (Lipinski definition) is 4. The molecule has 7 N–H and O–H groups in total. The minimum Gasteiger partial charge on any atom is -0.374 e. The Balaban J connectivity index is 2.90. The molecule has 0 spiro atoms. The molecule has 0 aromatic carbocycles. The van der Waals surface area contributed by atoms with Gasteiger partial charge in [0.2, 0.25) is 23.7 Å². The van der Waals surface area contributed by atoms with Crippen LogP contribution in [-0.2, 0) is 14.4 Å². The number of nitrogens with two attached hydrogens (primary N) is 3. The van der Waals surface area contributed by atoms with Crippen LogP contribution >= 0.6 is 0 Å². The van der Waals surface area contributed by atoms with E-state index in [2.05, 4.69) is 5.32 Å². The van der Waals surface area contributed by atoms with Gasteiger partial charge in [-0.1, -0.05) is 13.8 Å². The summed E-state index contributed by atoms with van der Waals surface area (Å²) < 4.78 is 12.9. The van der Waals surface area contributed by atoms with E-state index in [0.29, 0.717) is 19.4 Å². The first-order valence-electron chi connectivity index (χ1n) is 7.67. The first-order chi connectivity index (χ1) is 11.1. The largest absolute Gasteiger partial charge is 0.374 e. The van der Waals surface area contributed by atoms with E-state index in [1.807, 2.05) is 0 Å². The molecule has 2 unspecified atom stereocenters. The molecule has 0 aliphatic carbocycles. The van der Waals surface area contributed by atoms with Crippen LogP contribution in [-0.4, -0.2) is 52.8 Å². The molecule has 0 saturated carbocycles. The molecular formula is C14H25FN6O3. The number of nitrogens with zero attached hydrogens (tertiary/aromatic N) is 2. The highest BCUT2D eigenvalue weighted by molar-refractivity contribution is 5.92. The highest BCUT2D eigenvalue weighted by Crippen LogP contribution is 2.22. The zero-order chi connectivity index (χ0) is 18.4. The van der Waals surface area contributed by atoms with Crippen molar-refractivity contribution in [2.45, 2.75) is 38.8 Å². The van der Waals surface area contributed by atoms with E-state index in [1.165, 1.54) is 4.90 Å². The Morgan fingerprint density at radius 3 is 2.50 bits per heavy atom. The van der Waals surface area contributed by atoms with Gasteiger partial charge in [0.15, 0.2) is 0 Å². The lowest BCUT2D eigenvalue weighted by Crippen LogP contribution is -2.56. The number of halogens is 1. The molecule has 1 aliphatic rings. The highest BCUT2D eigenvalue weighted by Gasteiger charge is 2.39. The molecular weight excluding hydrogens is 319 g/mol. The molecule has 0 aromatic heterocycles. The highest BCUT2D eigenvalue weighted by atomic mass is 19.1. The van der Waals surface area contributed by atoms with Crippen LogP contribution in [0.25, 0.3) is 0 Å². The fourth-order valence-corrected chi connectivity index (χ4v) is 2.74. The van der Waals surface area contributed by atoms with Crippen molar-refractivity contribution in [3.8, 4) is 0 Å². The minimum atomic E-state index is -1.02. The van der Waals surface area contributed by atoms with Crippen LogP contribution in [0.4, 0.5) is 4.39 Å². The van der Waals surface area contributed by atoms with Crippen molar-refractivity contribution in [3.63, 3.8) is 0 Å². The number of carbonyl (C=O) groups excluding carboxylic acids is 3. The van der Waals surface area contributed by atoms with Crippen LogP contribution in [0.2, 0.25) is 0 Å². The Morgan fingerprint density at radius 2 is 2.00 bits per heavy atom. The summed E-state index contributed by atoms with van der Waals surface area (Å²) in [6, 6.07) is -1.58. The van der Waals surface area contributed by atoms with Gasteiger partial charge in [-0.3, -0.25) is 14.4 Å². The van der Waals surface area contributed by atoms with Crippen molar-refractivity contribution in [1.82, 2.24) is 15.2 Å². The van der Waals surface area contributed by atoms with Gasteiger partial charge in [0.1, 0.15) is 12.1 Å². The molecule has 2 atom stereocenters. The van der Waals surface area contributed by atoms with Gasteiger partial charge in [-0.15, -0.1) is 0 Å². The van der Waals surface area contributed by atoms with Gasteiger partial charge < -0.3 is 26.7 Å². The Kier molecular flexibility index (Phi) is 6.96. The summed E-state index contributed by atoms with van der Waals surface area (Å²) in [5, 5.41) is 3.31. The predicted molar refractivity (Wildman–Crippen MR) is 85.0 cm³/mol. The molecule has 1 fully saturated rings. The molecule has 24 heavy (non-hydrogen) atoms. The maximum atomic E-state index is 12.9. The van der Waals surface area contributed by atoms with Gasteiger partial charge in [0.05, 0.1) is 12.7 Å². The molecule has 136 valence electrons. The van der Waals surface area contributed by atoms with Crippen molar-refractivity contribution >= 4 is 17.7 Å². The van der Waals surface area contributed by atoms with Gasteiger partial charge in [0, 0.05) is 6.54 Å². The first kappa shape index (κ1) is 19.7. The number of carbonyl (C=O) groups is 3. The number of hydrazine groups is 1. The summed E-state index contributed by atoms with van der Waals surface area (Å²) in [6.07, 6.45) is 1.94. The lowest BCUT2D eigenvalue weighted by Gasteiger charge is -2.34. The molecule has 0 radical (unpaired) electrons. The summed E-state index contributed by atoms with van der Waals surface area (Å²) in [5.41, 5.74) is 9.96. The lowest BCUT2D eigenvalue weighted by atomic mass is 10.0. The fraction of sp³-hybridized carbons (Fsp3) is 0.643. The Morgan fingerprint density at radius 1 is 1.38 bits per heavy atom. The van der Waals surface area contributed by atoms with E-state index in [4.69, 9.17) is 17.3 Å². The maximum Gasteiger partial charge on any atom is 0.247 e. The summed E-state index contributed by atoms with van der Waals surface area (Å²) in [4.78, 5) is 37.1. The second-order valence-corrected chi connectivity index (χ2v) is 6.02. The summed E-state index contributed by atoms with van der Waals surface area (Å²) in [6.45, 7) is 3.58. The molecule has 1 heterocycles. The predicted octanol–water partition coefficient (Wildman–Crippen LogP) is -1.49. The van der Waals surface area contributed by atoms with Crippen molar-refractivity contribution in [1.29, 1.82) is 0 Å². The number of rotatable bonds is 7. The third kappa shape index (κ3) is 5.08. The Labute approximate surface area is 139 Å². The van der Waals surface area contributed by atoms with Crippen molar-refractivity contribution in [2.75, 3.05) is 13.1 Å². The van der Waals surface area contributed by atoms with Crippen LogP contribution in [0.3, 0.4) is 0 Å². The summed E-state index contributed by atoms with van der Waals surface area (Å²) in [7, 11) is 0. The molecule has 3 amide bonds. The van der Waals surface area contributed by atoms with E-state index in [-0.39, 0.29) is 12.5 Å². The van der Waals surface area contributed by atoms with Crippen LogP contribution in [0.15, 0.2) is 12.2 Å². The molecule has 1 rings (SSSR count). The third-order valence-electron chi connectivity index (χ3n) is 3.75. The van der Waals surface area contributed by atoms with Crippen LogP contribution in [0.5, 0.6) is 0 Å². The van der Waals surface area contributed by atoms with Gasteiger partial charge >= 0.3 is 0 Å². The molecule has 1 saturated heterocycles. The second kappa shape index (κ2) is 8.48. The number of primary amides is 1. The van der Waals surface area contributed by atoms with Crippen LogP contribution < -0.4 is 22.6 Å². The molecule has 10 heteroatoms. The molecule has 9 nitrogen and oxygen atoms in total. The standard InChI is InChI=1S/C14H25FN6O3/c1-8(2)12(21(18)7-10(15)16)14(24)20-5-3-4-9(20)13(23)19-6-11(17)22/h7-9,12H,3-6,16,18H2,1-2H3,(H2,17,22)(H,19,23)/b10-7-. The SMILES string of the molecule is CC(C)C(C(=O)N1CCCC1C(=O)NCC(N)=O)N(N)/C=C(\N)F. The molecule has 1 aliphatic heterocycles. The minimum absolute atomic E-state index is 0.243. The smallest absolute Gasteiger partial charge is 0.247 e. The van der Waals surface area contributed by atoms with E-state index in [0.717, 1.165) is 11.2 Å². The second-order valence-electron chi connectivity index (χ2n) is 6.02. The van der Waals surface area contributed by atoms with Gasteiger partial charge in [-0.25, -0.2) is 5.84 Å². The van der Waals surface area contributed by atoms with Crippen molar-refractivity contribution < 1.29 is 18.8 Å². The zero-order valence-electron chi connectivity index (χ0n) is 13.9. The van der Waals surface area contributed by atoms with E-state index < -0.39 is 35.8 Å². The maximum absolute atomic E-state index is 12.9. The number of nitrogens with one attached hydrogen (secondary N) is 1. The molecule has 0 aromatic rings. The first-order valence-corrected chi connectivity index (χ1v) is 7.67.